The fourth-order valence-electron chi connectivity index (χ4n) is 4.55. The van der Waals surface area contributed by atoms with Crippen molar-refractivity contribution in [2.45, 2.75) is 46.1 Å². The van der Waals surface area contributed by atoms with Crippen LogP contribution in [0.25, 0.3) is 0 Å². The van der Waals surface area contributed by atoms with Gasteiger partial charge < -0.3 is 23.9 Å². The lowest BCUT2D eigenvalue weighted by Gasteiger charge is -2.38. The first-order valence-corrected chi connectivity index (χ1v) is 10.9. The number of allylic oxidation sites excluding steroid dienone is 3. The van der Waals surface area contributed by atoms with Crippen molar-refractivity contribution < 1.29 is 28.2 Å². The Hall–Kier alpha value is -3.48. The van der Waals surface area contributed by atoms with Crippen LogP contribution in [-0.2, 0) is 20.9 Å². The van der Waals surface area contributed by atoms with Crippen LogP contribution < -0.4 is 14.8 Å². The topological polar surface area (TPSA) is 87.0 Å². The molecule has 1 aromatic heterocycles. The number of hydrogen-bond acceptors (Lipinski definition) is 7. The molecule has 0 radical (unpaired) electrons. The highest BCUT2D eigenvalue weighted by Gasteiger charge is 2.44. The van der Waals surface area contributed by atoms with E-state index < -0.39 is 11.9 Å². The van der Waals surface area contributed by atoms with Gasteiger partial charge in [0.25, 0.3) is 0 Å². The van der Waals surface area contributed by atoms with Gasteiger partial charge in [-0.05, 0) is 55.2 Å². The third-order valence-corrected chi connectivity index (χ3v) is 6.05. The number of nitrogens with one attached hydrogen (secondary N) is 1. The fourth-order valence-corrected chi connectivity index (χ4v) is 4.55. The number of ketones is 1. The summed E-state index contributed by atoms with van der Waals surface area (Å²) >= 11 is 0. The zero-order valence-corrected chi connectivity index (χ0v) is 19.6. The smallest absolute Gasteiger partial charge is 0.336 e. The Morgan fingerprint density at radius 3 is 2.45 bits per heavy atom. The zero-order valence-electron chi connectivity index (χ0n) is 19.6. The summed E-state index contributed by atoms with van der Waals surface area (Å²) in [6.45, 7) is 6.18. The Kier molecular flexibility index (Phi) is 6.06. The van der Waals surface area contributed by atoms with E-state index in [2.05, 4.69) is 19.2 Å². The van der Waals surface area contributed by atoms with Crippen LogP contribution in [0, 0.1) is 5.41 Å². The average Bonchev–Trinajstić information content (AvgIpc) is 3.24. The number of rotatable bonds is 6. The number of ether oxygens (including phenoxy) is 3. The molecule has 1 aliphatic heterocycles. The summed E-state index contributed by atoms with van der Waals surface area (Å²) in [7, 11) is 2.95. The molecular weight excluding hydrogens is 422 g/mol. The van der Waals surface area contributed by atoms with Gasteiger partial charge in [-0.3, -0.25) is 4.79 Å². The SMILES string of the molecule is COC(=O)C1=C(C)NC2=C(C(=O)CC(C)(C)C2)C1c1ccc(COc2ccc(OC)cc2)o1. The van der Waals surface area contributed by atoms with Gasteiger partial charge in [0, 0.05) is 23.4 Å². The summed E-state index contributed by atoms with van der Waals surface area (Å²) in [6, 6.07) is 10.9. The Balaban J connectivity index is 1.64. The predicted octanol–water partition coefficient (Wildman–Crippen LogP) is 4.64. The van der Waals surface area contributed by atoms with Crippen molar-refractivity contribution in [2.24, 2.45) is 5.41 Å². The standard InChI is InChI=1S/C26H29NO6/c1-15-22(25(29)31-5)24(23-19(27-15)12-26(2,3)13-20(23)28)21-11-10-18(33-21)14-32-17-8-6-16(30-4)7-9-17/h6-11,24,27H,12-14H2,1-5H3. The van der Waals surface area contributed by atoms with Crippen molar-refractivity contribution in [3.8, 4) is 11.5 Å². The number of furan rings is 1. The first kappa shape index (κ1) is 22.7. The lowest BCUT2D eigenvalue weighted by atomic mass is 9.69. The molecule has 0 saturated heterocycles. The van der Waals surface area contributed by atoms with E-state index in [0.29, 0.717) is 47.0 Å². The molecule has 2 heterocycles. The van der Waals surface area contributed by atoms with Gasteiger partial charge in [0.05, 0.1) is 25.7 Å². The van der Waals surface area contributed by atoms with Gasteiger partial charge in [-0.2, -0.15) is 0 Å². The van der Waals surface area contributed by atoms with Crippen LogP contribution in [0.1, 0.15) is 51.1 Å². The van der Waals surface area contributed by atoms with E-state index in [4.69, 9.17) is 18.6 Å². The second-order valence-corrected chi connectivity index (χ2v) is 9.19. The maximum Gasteiger partial charge on any atom is 0.336 e. The van der Waals surface area contributed by atoms with E-state index in [0.717, 1.165) is 11.4 Å². The van der Waals surface area contributed by atoms with E-state index in [1.165, 1.54) is 7.11 Å². The summed E-state index contributed by atoms with van der Waals surface area (Å²) in [5.74, 6) is 1.44. The van der Waals surface area contributed by atoms with Gasteiger partial charge >= 0.3 is 5.97 Å². The Morgan fingerprint density at radius 1 is 1.09 bits per heavy atom. The molecule has 1 aliphatic carbocycles. The normalized spacial score (nSPS) is 19.7. The van der Waals surface area contributed by atoms with Crippen molar-refractivity contribution in [1.29, 1.82) is 0 Å². The summed E-state index contributed by atoms with van der Waals surface area (Å²) < 4.78 is 22.1. The Labute approximate surface area is 193 Å². The first-order chi connectivity index (χ1) is 15.7. The molecule has 1 N–H and O–H groups in total. The molecule has 4 rings (SSSR count). The van der Waals surface area contributed by atoms with Crippen LogP contribution >= 0.6 is 0 Å². The van der Waals surface area contributed by atoms with Crippen molar-refractivity contribution in [2.75, 3.05) is 14.2 Å². The summed E-state index contributed by atoms with van der Waals surface area (Å²) in [4.78, 5) is 25.9. The number of dihydropyridines is 1. The number of hydrogen-bond donors (Lipinski definition) is 1. The highest BCUT2D eigenvalue weighted by atomic mass is 16.5. The molecule has 2 aromatic rings. The van der Waals surface area contributed by atoms with E-state index in [1.54, 1.807) is 13.2 Å². The van der Waals surface area contributed by atoms with Crippen molar-refractivity contribution in [3.05, 3.63) is 70.5 Å². The van der Waals surface area contributed by atoms with Crippen LogP contribution in [-0.4, -0.2) is 26.0 Å². The molecule has 0 amide bonds. The molecule has 0 fully saturated rings. The molecule has 1 unspecified atom stereocenters. The van der Waals surface area contributed by atoms with Crippen LogP contribution in [0.4, 0.5) is 0 Å². The molecular formula is C26H29NO6. The van der Waals surface area contributed by atoms with E-state index in [-0.39, 0.29) is 17.8 Å². The number of carbonyl (C=O) groups is 2. The number of Topliss-reactive ketones (excluding diaryl/α,β-unsaturated/α-hetero) is 1. The van der Waals surface area contributed by atoms with Crippen LogP contribution in [0.15, 0.2) is 63.4 Å². The number of carbonyl (C=O) groups excluding carboxylic acids is 2. The molecule has 174 valence electrons. The summed E-state index contributed by atoms with van der Waals surface area (Å²) in [5, 5.41) is 3.29. The predicted molar refractivity (Wildman–Crippen MR) is 122 cm³/mol. The summed E-state index contributed by atoms with van der Waals surface area (Å²) in [6.07, 6.45) is 1.12. The molecule has 1 aromatic carbocycles. The molecule has 0 saturated carbocycles. The minimum atomic E-state index is -0.618. The largest absolute Gasteiger partial charge is 0.497 e. The van der Waals surface area contributed by atoms with Gasteiger partial charge in [-0.25, -0.2) is 4.79 Å². The number of methoxy groups -OCH3 is 2. The van der Waals surface area contributed by atoms with Crippen LogP contribution in [0.5, 0.6) is 11.5 Å². The molecule has 0 spiro atoms. The van der Waals surface area contributed by atoms with Crippen LogP contribution in [0.2, 0.25) is 0 Å². The molecule has 2 aliphatic rings. The molecule has 1 atom stereocenters. The maximum absolute atomic E-state index is 13.2. The average molecular weight is 452 g/mol. The van der Waals surface area contributed by atoms with Crippen molar-refractivity contribution >= 4 is 11.8 Å². The van der Waals surface area contributed by atoms with E-state index in [1.807, 2.05) is 37.3 Å². The van der Waals surface area contributed by atoms with Gasteiger partial charge in [0.2, 0.25) is 0 Å². The van der Waals surface area contributed by atoms with Gasteiger partial charge in [0.1, 0.15) is 29.6 Å². The lowest BCUT2D eigenvalue weighted by molar-refractivity contribution is -0.136. The zero-order chi connectivity index (χ0) is 23.8. The van der Waals surface area contributed by atoms with Gasteiger partial charge in [-0.15, -0.1) is 0 Å². The third kappa shape index (κ3) is 4.53. The quantitative estimate of drug-likeness (QED) is 0.640. The fraction of sp³-hybridized carbons (Fsp3) is 0.385. The summed E-state index contributed by atoms with van der Waals surface area (Å²) in [5.41, 5.74) is 2.33. The van der Waals surface area contributed by atoms with Gasteiger partial charge in [0.15, 0.2) is 5.78 Å². The molecule has 33 heavy (non-hydrogen) atoms. The van der Waals surface area contributed by atoms with E-state index >= 15 is 0 Å². The lowest BCUT2D eigenvalue weighted by Crippen LogP contribution is -2.38. The second-order valence-electron chi connectivity index (χ2n) is 9.19. The van der Waals surface area contributed by atoms with Crippen molar-refractivity contribution in [3.63, 3.8) is 0 Å². The van der Waals surface area contributed by atoms with Crippen molar-refractivity contribution in [1.82, 2.24) is 5.32 Å². The highest BCUT2D eigenvalue weighted by molar-refractivity contribution is 6.03. The molecule has 7 heteroatoms. The Morgan fingerprint density at radius 2 is 1.79 bits per heavy atom. The highest BCUT2D eigenvalue weighted by Crippen LogP contribution is 2.47. The minimum absolute atomic E-state index is 0.0140. The molecule has 0 bridgehead atoms. The van der Waals surface area contributed by atoms with Crippen LogP contribution in [0.3, 0.4) is 0 Å². The maximum atomic E-state index is 13.2. The van der Waals surface area contributed by atoms with Gasteiger partial charge in [-0.1, -0.05) is 13.8 Å². The third-order valence-electron chi connectivity index (χ3n) is 6.05. The monoisotopic (exact) mass is 451 g/mol. The first-order valence-electron chi connectivity index (χ1n) is 10.9. The van der Waals surface area contributed by atoms with E-state index in [9.17, 15) is 9.59 Å². The molecule has 7 nitrogen and oxygen atoms in total. The number of esters is 1. The minimum Gasteiger partial charge on any atom is -0.497 e. The number of benzene rings is 1. The Bertz CT molecular complexity index is 1140. The second kappa shape index (κ2) is 8.81.